The molecule has 0 radical (unpaired) electrons. The minimum Gasteiger partial charge on any atom is -0.494 e. The molecule has 1 N–H and O–H groups in total. The van der Waals surface area contributed by atoms with E-state index in [1.54, 1.807) is 0 Å². The van der Waals surface area contributed by atoms with Gasteiger partial charge in [0.1, 0.15) is 5.75 Å². The molecular formula is C18H26N2O. The standard InChI is InChI=1S/C18H26N2O/c1-18(2,3)19-15-16-9-7-12-20(16)13-8-14-21-17-10-5-4-6-11-17/h4-7,9-12,19H,8,13-15H2,1-3H3. The molecule has 0 saturated heterocycles. The number of hydrogen-bond acceptors (Lipinski definition) is 2. The Balaban J connectivity index is 1.75. The minimum atomic E-state index is 0.144. The average Bonchev–Trinajstić information content (AvgIpc) is 2.89. The lowest BCUT2D eigenvalue weighted by atomic mass is 10.1. The van der Waals surface area contributed by atoms with E-state index < -0.39 is 0 Å². The van der Waals surface area contributed by atoms with Gasteiger partial charge in [-0.3, -0.25) is 0 Å². The number of ether oxygens (including phenoxy) is 1. The van der Waals surface area contributed by atoms with E-state index >= 15 is 0 Å². The maximum absolute atomic E-state index is 5.73. The van der Waals surface area contributed by atoms with Crippen LogP contribution in [0.1, 0.15) is 32.9 Å². The van der Waals surface area contributed by atoms with Gasteiger partial charge in [0, 0.05) is 30.5 Å². The summed E-state index contributed by atoms with van der Waals surface area (Å²) in [5.41, 5.74) is 1.47. The van der Waals surface area contributed by atoms with E-state index in [0.29, 0.717) is 0 Å². The summed E-state index contributed by atoms with van der Waals surface area (Å²) in [5.74, 6) is 0.944. The van der Waals surface area contributed by atoms with Crippen molar-refractivity contribution in [2.45, 2.75) is 45.8 Å². The highest BCUT2D eigenvalue weighted by Crippen LogP contribution is 2.10. The molecule has 1 heterocycles. The van der Waals surface area contributed by atoms with Crippen LogP contribution in [0.2, 0.25) is 0 Å². The summed E-state index contributed by atoms with van der Waals surface area (Å²) < 4.78 is 8.03. The molecular weight excluding hydrogens is 260 g/mol. The van der Waals surface area contributed by atoms with E-state index in [0.717, 1.165) is 31.9 Å². The Labute approximate surface area is 127 Å². The van der Waals surface area contributed by atoms with Crippen molar-refractivity contribution in [3.8, 4) is 5.75 Å². The second-order valence-corrected chi connectivity index (χ2v) is 6.31. The Hall–Kier alpha value is -1.74. The highest BCUT2D eigenvalue weighted by atomic mass is 16.5. The van der Waals surface area contributed by atoms with Crippen molar-refractivity contribution >= 4 is 0 Å². The first-order valence-electron chi connectivity index (χ1n) is 7.61. The molecule has 0 fully saturated rings. The van der Waals surface area contributed by atoms with Gasteiger partial charge in [0.05, 0.1) is 6.61 Å². The topological polar surface area (TPSA) is 26.2 Å². The number of hydrogen-bond donors (Lipinski definition) is 1. The van der Waals surface area contributed by atoms with Gasteiger partial charge in [-0.15, -0.1) is 0 Å². The molecule has 0 unspecified atom stereocenters. The highest BCUT2D eigenvalue weighted by molar-refractivity contribution is 5.20. The molecule has 0 amide bonds. The quantitative estimate of drug-likeness (QED) is 0.783. The van der Waals surface area contributed by atoms with Crippen LogP contribution in [0.5, 0.6) is 5.75 Å². The maximum atomic E-state index is 5.73. The zero-order chi connectivity index (χ0) is 15.1. The Morgan fingerprint density at radius 1 is 1.05 bits per heavy atom. The molecule has 114 valence electrons. The highest BCUT2D eigenvalue weighted by Gasteiger charge is 2.09. The molecule has 21 heavy (non-hydrogen) atoms. The number of nitrogens with zero attached hydrogens (tertiary/aromatic N) is 1. The van der Waals surface area contributed by atoms with E-state index in [9.17, 15) is 0 Å². The van der Waals surface area contributed by atoms with Crippen LogP contribution in [0.4, 0.5) is 0 Å². The second kappa shape index (κ2) is 7.32. The first-order valence-corrected chi connectivity index (χ1v) is 7.61. The summed E-state index contributed by atoms with van der Waals surface area (Å²) in [6, 6.07) is 14.3. The third kappa shape index (κ3) is 5.64. The van der Waals surface area contributed by atoms with Gasteiger partial charge in [-0.2, -0.15) is 0 Å². The Morgan fingerprint density at radius 2 is 1.81 bits per heavy atom. The van der Waals surface area contributed by atoms with Crippen LogP contribution in [0, 0.1) is 0 Å². The molecule has 0 aliphatic rings. The smallest absolute Gasteiger partial charge is 0.119 e. The molecule has 2 rings (SSSR count). The lowest BCUT2D eigenvalue weighted by Crippen LogP contribution is -2.35. The molecule has 3 nitrogen and oxygen atoms in total. The van der Waals surface area contributed by atoms with Crippen LogP contribution in [0.25, 0.3) is 0 Å². The molecule has 0 aliphatic heterocycles. The summed E-state index contributed by atoms with van der Waals surface area (Å²) in [6.07, 6.45) is 3.15. The molecule has 1 aromatic heterocycles. The van der Waals surface area contributed by atoms with Crippen LogP contribution in [0.3, 0.4) is 0 Å². The van der Waals surface area contributed by atoms with Gasteiger partial charge in [-0.25, -0.2) is 0 Å². The maximum Gasteiger partial charge on any atom is 0.119 e. The molecule has 0 saturated carbocycles. The Morgan fingerprint density at radius 3 is 2.52 bits per heavy atom. The molecule has 1 aromatic carbocycles. The first-order chi connectivity index (χ1) is 10.0. The van der Waals surface area contributed by atoms with Crippen molar-refractivity contribution in [3.63, 3.8) is 0 Å². The predicted octanol–water partition coefficient (Wildman–Crippen LogP) is 3.85. The summed E-state index contributed by atoms with van der Waals surface area (Å²) in [7, 11) is 0. The number of aryl methyl sites for hydroxylation is 1. The third-order valence-corrected chi connectivity index (χ3v) is 3.28. The van der Waals surface area contributed by atoms with Crippen molar-refractivity contribution in [1.82, 2.24) is 9.88 Å². The van der Waals surface area contributed by atoms with Crippen molar-refractivity contribution in [2.24, 2.45) is 0 Å². The normalized spacial score (nSPS) is 11.6. The van der Waals surface area contributed by atoms with Gasteiger partial charge in [0.2, 0.25) is 0 Å². The van der Waals surface area contributed by atoms with Crippen LogP contribution in [0.15, 0.2) is 48.7 Å². The Bertz CT molecular complexity index is 526. The van der Waals surface area contributed by atoms with Crippen molar-refractivity contribution in [3.05, 3.63) is 54.4 Å². The van der Waals surface area contributed by atoms with E-state index in [4.69, 9.17) is 4.74 Å². The second-order valence-electron chi connectivity index (χ2n) is 6.31. The van der Waals surface area contributed by atoms with Crippen molar-refractivity contribution < 1.29 is 4.74 Å². The minimum absolute atomic E-state index is 0.144. The lowest BCUT2D eigenvalue weighted by Gasteiger charge is -2.21. The molecule has 0 bridgehead atoms. The zero-order valence-corrected chi connectivity index (χ0v) is 13.3. The van der Waals surface area contributed by atoms with Gasteiger partial charge in [-0.05, 0) is 51.5 Å². The molecule has 3 heteroatoms. The van der Waals surface area contributed by atoms with Crippen molar-refractivity contribution in [2.75, 3.05) is 6.61 Å². The Kier molecular flexibility index (Phi) is 5.45. The van der Waals surface area contributed by atoms with Crippen molar-refractivity contribution in [1.29, 1.82) is 0 Å². The lowest BCUT2D eigenvalue weighted by molar-refractivity contribution is 0.300. The summed E-state index contributed by atoms with van der Waals surface area (Å²) in [4.78, 5) is 0. The van der Waals surface area contributed by atoms with E-state index in [-0.39, 0.29) is 5.54 Å². The number of aromatic nitrogens is 1. The number of nitrogens with one attached hydrogen (secondary N) is 1. The average molecular weight is 286 g/mol. The SMILES string of the molecule is CC(C)(C)NCc1cccn1CCCOc1ccccc1. The van der Waals surface area contributed by atoms with E-state index in [1.807, 2.05) is 30.3 Å². The molecule has 2 aromatic rings. The van der Waals surface area contributed by atoms with Gasteiger partial charge < -0.3 is 14.6 Å². The van der Waals surface area contributed by atoms with Crippen LogP contribution in [-0.2, 0) is 13.1 Å². The van der Waals surface area contributed by atoms with Gasteiger partial charge >= 0.3 is 0 Å². The largest absolute Gasteiger partial charge is 0.494 e. The summed E-state index contributed by atoms with van der Waals surface area (Å²) in [5, 5.41) is 3.53. The molecule has 0 atom stereocenters. The van der Waals surface area contributed by atoms with Crippen LogP contribution >= 0.6 is 0 Å². The monoisotopic (exact) mass is 286 g/mol. The van der Waals surface area contributed by atoms with Crippen LogP contribution in [-0.4, -0.2) is 16.7 Å². The fourth-order valence-corrected chi connectivity index (χ4v) is 2.13. The number of rotatable bonds is 7. The molecule has 0 aliphatic carbocycles. The van der Waals surface area contributed by atoms with Crippen LogP contribution < -0.4 is 10.1 Å². The van der Waals surface area contributed by atoms with Gasteiger partial charge in [0.15, 0.2) is 0 Å². The molecule has 0 spiro atoms. The first kappa shape index (κ1) is 15.6. The van der Waals surface area contributed by atoms with Gasteiger partial charge in [-0.1, -0.05) is 18.2 Å². The van der Waals surface area contributed by atoms with E-state index in [1.165, 1.54) is 5.69 Å². The van der Waals surface area contributed by atoms with E-state index in [2.05, 4.69) is 49.0 Å². The van der Waals surface area contributed by atoms with Gasteiger partial charge in [0.25, 0.3) is 0 Å². The fourth-order valence-electron chi connectivity index (χ4n) is 2.13. The third-order valence-electron chi connectivity index (χ3n) is 3.28. The summed E-state index contributed by atoms with van der Waals surface area (Å²) >= 11 is 0. The number of benzene rings is 1. The predicted molar refractivity (Wildman–Crippen MR) is 87.6 cm³/mol. The number of para-hydroxylation sites is 1. The fraction of sp³-hybridized carbons (Fsp3) is 0.444. The zero-order valence-electron chi connectivity index (χ0n) is 13.3. The summed E-state index contributed by atoms with van der Waals surface area (Å²) in [6.45, 7) is 9.20.